The van der Waals surface area contributed by atoms with Crippen LogP contribution < -0.4 is 5.56 Å². The fraction of sp³-hybridized carbons (Fsp3) is 0.353. The molecule has 0 fully saturated rings. The summed E-state index contributed by atoms with van der Waals surface area (Å²) in [6, 6.07) is 7.70. The summed E-state index contributed by atoms with van der Waals surface area (Å²) < 4.78 is 6.94. The minimum Gasteiger partial charge on any atom is -0.339 e. The standard InChI is InChI=1S/C17H19N3O2/c1-10(2)17-18-14(19-22-17)9-20-15(21)8-12(4)13-7-5-6-11(3)16(13)20/h5-8,10H,9H2,1-4H3. The van der Waals surface area contributed by atoms with Crippen molar-refractivity contribution in [2.45, 2.75) is 40.2 Å². The van der Waals surface area contributed by atoms with E-state index < -0.39 is 0 Å². The number of hydrogen-bond acceptors (Lipinski definition) is 4. The number of fused-ring (bicyclic) bond motifs is 1. The van der Waals surface area contributed by atoms with Gasteiger partial charge in [-0.3, -0.25) is 4.79 Å². The molecule has 0 radical (unpaired) electrons. The van der Waals surface area contributed by atoms with Gasteiger partial charge in [0.15, 0.2) is 5.82 Å². The molecule has 0 aliphatic carbocycles. The number of rotatable bonds is 3. The monoisotopic (exact) mass is 297 g/mol. The van der Waals surface area contributed by atoms with Crippen LogP contribution in [0.25, 0.3) is 10.9 Å². The molecule has 0 bridgehead atoms. The first-order valence-corrected chi connectivity index (χ1v) is 7.39. The predicted octanol–water partition coefficient (Wildman–Crippen LogP) is 3.17. The molecule has 0 saturated carbocycles. The van der Waals surface area contributed by atoms with Gasteiger partial charge < -0.3 is 9.09 Å². The maximum atomic E-state index is 12.4. The van der Waals surface area contributed by atoms with Crippen LogP contribution in [0.5, 0.6) is 0 Å². The molecule has 2 heterocycles. The molecule has 114 valence electrons. The molecule has 0 saturated heterocycles. The zero-order valence-electron chi connectivity index (χ0n) is 13.3. The number of benzene rings is 1. The van der Waals surface area contributed by atoms with Gasteiger partial charge in [0.05, 0.1) is 12.1 Å². The van der Waals surface area contributed by atoms with Crippen molar-refractivity contribution in [1.82, 2.24) is 14.7 Å². The van der Waals surface area contributed by atoms with Crippen LogP contribution in [0, 0.1) is 13.8 Å². The molecule has 22 heavy (non-hydrogen) atoms. The van der Waals surface area contributed by atoms with Crippen molar-refractivity contribution in [1.29, 1.82) is 0 Å². The number of pyridine rings is 1. The largest absolute Gasteiger partial charge is 0.339 e. The van der Waals surface area contributed by atoms with Gasteiger partial charge in [0.1, 0.15) is 0 Å². The van der Waals surface area contributed by atoms with E-state index in [0.717, 1.165) is 22.0 Å². The Balaban J connectivity index is 2.15. The van der Waals surface area contributed by atoms with Crippen molar-refractivity contribution in [2.24, 2.45) is 0 Å². The second-order valence-electron chi connectivity index (χ2n) is 5.93. The van der Waals surface area contributed by atoms with Gasteiger partial charge in [-0.1, -0.05) is 37.2 Å². The van der Waals surface area contributed by atoms with Crippen LogP contribution in [0.4, 0.5) is 0 Å². The minimum atomic E-state index is -0.0461. The van der Waals surface area contributed by atoms with Gasteiger partial charge in [-0.25, -0.2) is 0 Å². The normalized spacial score (nSPS) is 11.5. The maximum Gasteiger partial charge on any atom is 0.251 e. The second kappa shape index (κ2) is 5.40. The van der Waals surface area contributed by atoms with Gasteiger partial charge in [-0.15, -0.1) is 0 Å². The van der Waals surface area contributed by atoms with Gasteiger partial charge in [0.25, 0.3) is 5.56 Å². The lowest BCUT2D eigenvalue weighted by atomic mass is 10.1. The third-order valence-electron chi connectivity index (χ3n) is 3.82. The molecule has 2 aromatic heterocycles. The molecule has 3 aromatic rings. The van der Waals surface area contributed by atoms with Crippen LogP contribution >= 0.6 is 0 Å². The lowest BCUT2D eigenvalue weighted by molar-refractivity contribution is 0.360. The molecular weight excluding hydrogens is 278 g/mol. The van der Waals surface area contributed by atoms with Gasteiger partial charge in [0.2, 0.25) is 5.89 Å². The molecule has 0 aliphatic heterocycles. The van der Waals surface area contributed by atoms with E-state index in [0.29, 0.717) is 18.3 Å². The van der Waals surface area contributed by atoms with E-state index in [4.69, 9.17) is 4.52 Å². The Morgan fingerprint density at radius 3 is 2.68 bits per heavy atom. The van der Waals surface area contributed by atoms with Gasteiger partial charge in [0, 0.05) is 17.4 Å². The Hall–Kier alpha value is -2.43. The molecule has 1 aromatic carbocycles. The van der Waals surface area contributed by atoms with E-state index >= 15 is 0 Å². The second-order valence-corrected chi connectivity index (χ2v) is 5.93. The molecule has 0 atom stereocenters. The number of aromatic nitrogens is 3. The van der Waals surface area contributed by atoms with Gasteiger partial charge in [-0.2, -0.15) is 4.98 Å². The fourth-order valence-electron chi connectivity index (χ4n) is 2.65. The summed E-state index contributed by atoms with van der Waals surface area (Å²) in [5.41, 5.74) is 2.93. The Bertz CT molecular complexity index is 891. The smallest absolute Gasteiger partial charge is 0.251 e. The molecule has 0 N–H and O–H groups in total. The highest BCUT2D eigenvalue weighted by Crippen LogP contribution is 2.20. The Labute approximate surface area is 128 Å². The minimum absolute atomic E-state index is 0.0461. The SMILES string of the molecule is Cc1cc(=O)n(Cc2noc(C(C)C)n2)c2c(C)cccc12. The quantitative estimate of drug-likeness (QED) is 0.745. The first-order valence-electron chi connectivity index (χ1n) is 7.39. The average Bonchev–Trinajstić information content (AvgIpc) is 2.92. The van der Waals surface area contributed by atoms with Crippen LogP contribution in [0.15, 0.2) is 33.6 Å². The fourth-order valence-corrected chi connectivity index (χ4v) is 2.65. The lowest BCUT2D eigenvalue weighted by Crippen LogP contribution is -2.22. The van der Waals surface area contributed by atoms with Crippen molar-refractivity contribution in [3.63, 3.8) is 0 Å². The number of hydrogen-bond donors (Lipinski definition) is 0. The van der Waals surface area contributed by atoms with Crippen molar-refractivity contribution < 1.29 is 4.52 Å². The highest BCUT2D eigenvalue weighted by molar-refractivity contribution is 5.85. The molecule has 0 amide bonds. The summed E-state index contributed by atoms with van der Waals surface area (Å²) in [5, 5.41) is 5.06. The van der Waals surface area contributed by atoms with E-state index in [1.54, 1.807) is 10.6 Å². The van der Waals surface area contributed by atoms with Gasteiger partial charge in [-0.05, 0) is 25.0 Å². The number of para-hydroxylation sites is 1. The van der Waals surface area contributed by atoms with Crippen LogP contribution in [0.3, 0.4) is 0 Å². The molecule has 0 spiro atoms. The Morgan fingerprint density at radius 2 is 2.00 bits per heavy atom. The van der Waals surface area contributed by atoms with Crippen LogP contribution in [0.2, 0.25) is 0 Å². The molecule has 5 nitrogen and oxygen atoms in total. The summed E-state index contributed by atoms with van der Waals surface area (Å²) in [6.07, 6.45) is 0. The summed E-state index contributed by atoms with van der Waals surface area (Å²) in [5.74, 6) is 1.30. The third-order valence-corrected chi connectivity index (χ3v) is 3.82. The maximum absolute atomic E-state index is 12.4. The van der Waals surface area contributed by atoms with E-state index in [1.807, 2.05) is 45.9 Å². The summed E-state index contributed by atoms with van der Waals surface area (Å²) in [4.78, 5) is 16.8. The van der Waals surface area contributed by atoms with Crippen LogP contribution in [0.1, 0.15) is 42.6 Å². The molecule has 5 heteroatoms. The number of nitrogens with zero attached hydrogens (tertiary/aromatic N) is 3. The number of aryl methyl sites for hydroxylation is 2. The van der Waals surface area contributed by atoms with E-state index in [-0.39, 0.29) is 11.5 Å². The van der Waals surface area contributed by atoms with E-state index in [9.17, 15) is 4.79 Å². The van der Waals surface area contributed by atoms with Crippen LogP contribution in [-0.4, -0.2) is 14.7 Å². The molecule has 0 aliphatic rings. The Morgan fingerprint density at radius 1 is 1.23 bits per heavy atom. The molecule has 0 unspecified atom stereocenters. The zero-order valence-corrected chi connectivity index (χ0v) is 13.3. The van der Waals surface area contributed by atoms with Crippen LogP contribution in [-0.2, 0) is 6.54 Å². The summed E-state index contributed by atoms with van der Waals surface area (Å²) >= 11 is 0. The third kappa shape index (κ3) is 2.43. The first kappa shape index (κ1) is 14.5. The van der Waals surface area contributed by atoms with Crippen molar-refractivity contribution in [3.05, 3.63) is 57.5 Å². The lowest BCUT2D eigenvalue weighted by Gasteiger charge is -2.12. The van der Waals surface area contributed by atoms with E-state index in [2.05, 4.69) is 10.1 Å². The summed E-state index contributed by atoms with van der Waals surface area (Å²) in [7, 11) is 0. The zero-order chi connectivity index (χ0) is 15.9. The van der Waals surface area contributed by atoms with Crippen molar-refractivity contribution >= 4 is 10.9 Å². The predicted molar refractivity (Wildman–Crippen MR) is 85.2 cm³/mol. The average molecular weight is 297 g/mol. The van der Waals surface area contributed by atoms with E-state index in [1.165, 1.54) is 0 Å². The first-order chi connectivity index (χ1) is 10.5. The topological polar surface area (TPSA) is 60.9 Å². The highest BCUT2D eigenvalue weighted by Gasteiger charge is 2.14. The molecular formula is C17H19N3O2. The Kier molecular flexibility index (Phi) is 3.56. The van der Waals surface area contributed by atoms with Gasteiger partial charge >= 0.3 is 0 Å². The van der Waals surface area contributed by atoms with Crippen molar-refractivity contribution in [2.75, 3.05) is 0 Å². The molecule has 3 rings (SSSR count). The highest BCUT2D eigenvalue weighted by atomic mass is 16.5. The van der Waals surface area contributed by atoms with Crippen molar-refractivity contribution in [3.8, 4) is 0 Å². The summed E-state index contributed by atoms with van der Waals surface area (Å²) in [6.45, 7) is 8.27.